The van der Waals surface area contributed by atoms with E-state index in [1.807, 2.05) is 6.08 Å². The van der Waals surface area contributed by atoms with Gasteiger partial charge in [-0.05, 0) is 25.2 Å². The van der Waals surface area contributed by atoms with Gasteiger partial charge in [0, 0.05) is 6.54 Å². The Morgan fingerprint density at radius 1 is 1.44 bits per heavy atom. The summed E-state index contributed by atoms with van der Waals surface area (Å²) in [6.45, 7) is -1.18. The maximum Gasteiger partial charge on any atom is 0.422 e. The molecule has 1 aliphatic rings. The molecule has 1 amide bonds. The van der Waals surface area contributed by atoms with Gasteiger partial charge in [-0.3, -0.25) is 0 Å². The lowest BCUT2D eigenvalue weighted by molar-refractivity contribution is -0.160. The highest BCUT2D eigenvalue weighted by atomic mass is 19.4. The number of ether oxygens (including phenoxy) is 1. The lowest BCUT2D eigenvalue weighted by Gasteiger charge is -2.18. The Morgan fingerprint density at radius 3 is 2.75 bits per heavy atom. The number of hydrogen-bond acceptors (Lipinski definition) is 2. The first-order valence-electron chi connectivity index (χ1n) is 5.10. The molecule has 1 aliphatic carbocycles. The van der Waals surface area contributed by atoms with Crippen molar-refractivity contribution in [1.82, 2.24) is 5.32 Å². The van der Waals surface area contributed by atoms with Gasteiger partial charge in [-0.1, -0.05) is 12.2 Å². The monoisotopic (exact) mass is 237 g/mol. The molecule has 0 aromatic heterocycles. The number of alkyl halides is 3. The molecule has 0 heterocycles. The molecule has 0 radical (unpaired) electrons. The third kappa shape index (κ3) is 5.63. The maximum atomic E-state index is 11.7. The van der Waals surface area contributed by atoms with Crippen LogP contribution in [0.4, 0.5) is 18.0 Å². The van der Waals surface area contributed by atoms with Gasteiger partial charge in [0.05, 0.1) is 0 Å². The predicted octanol–water partition coefficient (Wildman–Crippen LogP) is 2.63. The predicted molar refractivity (Wildman–Crippen MR) is 51.9 cm³/mol. The second-order valence-corrected chi connectivity index (χ2v) is 3.72. The van der Waals surface area contributed by atoms with Crippen molar-refractivity contribution in [2.75, 3.05) is 13.2 Å². The summed E-state index contributed by atoms with van der Waals surface area (Å²) < 4.78 is 39.1. The molecule has 0 bridgehead atoms. The highest BCUT2D eigenvalue weighted by Crippen LogP contribution is 2.17. The number of amides is 1. The number of hydrogen-bond donors (Lipinski definition) is 1. The molecular weight excluding hydrogens is 223 g/mol. The molecule has 3 nitrogen and oxygen atoms in total. The van der Waals surface area contributed by atoms with Crippen molar-refractivity contribution in [1.29, 1.82) is 0 Å². The Kier molecular flexibility index (Phi) is 4.64. The van der Waals surface area contributed by atoms with Crippen LogP contribution in [0.3, 0.4) is 0 Å². The zero-order chi connectivity index (χ0) is 12.0. The van der Waals surface area contributed by atoms with E-state index >= 15 is 0 Å². The number of nitrogens with one attached hydrogen (secondary N) is 1. The van der Waals surface area contributed by atoms with Crippen LogP contribution in [0.25, 0.3) is 0 Å². The molecule has 1 N–H and O–H groups in total. The first-order chi connectivity index (χ1) is 7.47. The van der Waals surface area contributed by atoms with E-state index < -0.39 is 18.9 Å². The summed E-state index contributed by atoms with van der Waals surface area (Å²) in [6, 6.07) is 0. The van der Waals surface area contributed by atoms with Gasteiger partial charge in [0.2, 0.25) is 0 Å². The second kappa shape index (κ2) is 5.77. The Labute approximate surface area is 91.6 Å². The van der Waals surface area contributed by atoms with Crippen LogP contribution in [-0.4, -0.2) is 25.4 Å². The summed E-state index contributed by atoms with van der Waals surface area (Å²) in [6.07, 6.45) is 1.33. The minimum Gasteiger partial charge on any atom is -0.440 e. The number of allylic oxidation sites excluding steroid dienone is 2. The van der Waals surface area contributed by atoms with Crippen LogP contribution in [0.15, 0.2) is 12.2 Å². The lowest BCUT2D eigenvalue weighted by atomic mass is 9.94. The van der Waals surface area contributed by atoms with E-state index in [2.05, 4.69) is 16.1 Å². The normalized spacial score (nSPS) is 20.6. The van der Waals surface area contributed by atoms with Crippen molar-refractivity contribution in [3.63, 3.8) is 0 Å². The van der Waals surface area contributed by atoms with E-state index in [0.717, 1.165) is 19.3 Å². The fourth-order valence-electron chi connectivity index (χ4n) is 1.47. The molecule has 1 atom stereocenters. The van der Waals surface area contributed by atoms with E-state index in [-0.39, 0.29) is 0 Å². The topological polar surface area (TPSA) is 38.3 Å². The van der Waals surface area contributed by atoms with Crippen LogP contribution in [0, 0.1) is 5.92 Å². The van der Waals surface area contributed by atoms with Gasteiger partial charge in [0.15, 0.2) is 6.61 Å². The molecule has 1 unspecified atom stereocenters. The number of rotatable bonds is 3. The van der Waals surface area contributed by atoms with Crippen LogP contribution in [0.2, 0.25) is 0 Å². The van der Waals surface area contributed by atoms with Crippen molar-refractivity contribution in [2.24, 2.45) is 5.92 Å². The summed E-state index contributed by atoms with van der Waals surface area (Å²) in [5.74, 6) is 0.295. The lowest BCUT2D eigenvalue weighted by Crippen LogP contribution is -2.32. The minimum atomic E-state index is -4.47. The van der Waals surface area contributed by atoms with Gasteiger partial charge in [0.25, 0.3) is 0 Å². The summed E-state index contributed by atoms with van der Waals surface area (Å²) >= 11 is 0. The molecular formula is C10H14F3NO2. The maximum absolute atomic E-state index is 11.7. The molecule has 16 heavy (non-hydrogen) atoms. The Balaban J connectivity index is 2.12. The summed E-state index contributed by atoms with van der Waals surface area (Å²) in [7, 11) is 0. The van der Waals surface area contributed by atoms with Crippen LogP contribution in [-0.2, 0) is 4.74 Å². The fraction of sp³-hybridized carbons (Fsp3) is 0.700. The van der Waals surface area contributed by atoms with Gasteiger partial charge in [-0.25, -0.2) is 4.79 Å². The van der Waals surface area contributed by atoms with Gasteiger partial charge < -0.3 is 10.1 Å². The summed E-state index contributed by atoms with van der Waals surface area (Å²) in [5.41, 5.74) is 0. The Bertz CT molecular complexity index is 263. The number of carbonyl (C=O) groups is 1. The van der Waals surface area contributed by atoms with Gasteiger partial charge in [-0.2, -0.15) is 13.2 Å². The molecule has 6 heteroatoms. The fourth-order valence-corrected chi connectivity index (χ4v) is 1.47. The molecule has 0 aromatic carbocycles. The van der Waals surface area contributed by atoms with Crippen LogP contribution >= 0.6 is 0 Å². The third-order valence-electron chi connectivity index (χ3n) is 2.28. The summed E-state index contributed by atoms with van der Waals surface area (Å²) in [4.78, 5) is 10.9. The molecule has 0 fully saturated rings. The molecule has 92 valence electrons. The number of carbonyl (C=O) groups excluding carboxylic acids is 1. The number of alkyl carbamates (subject to hydrolysis) is 1. The van der Waals surface area contributed by atoms with Gasteiger partial charge in [0.1, 0.15) is 0 Å². The first kappa shape index (κ1) is 12.9. The van der Waals surface area contributed by atoms with Crippen LogP contribution < -0.4 is 5.32 Å². The van der Waals surface area contributed by atoms with Crippen molar-refractivity contribution in [3.05, 3.63) is 12.2 Å². The standard InChI is InChI=1S/C10H14F3NO2/c11-10(12,13)7-16-9(15)14-6-8-4-2-1-3-5-8/h1-2,8H,3-7H2,(H,14,15). The molecule has 0 saturated carbocycles. The Morgan fingerprint density at radius 2 is 2.19 bits per heavy atom. The average molecular weight is 237 g/mol. The molecule has 0 aromatic rings. The highest BCUT2D eigenvalue weighted by molar-refractivity contribution is 5.67. The third-order valence-corrected chi connectivity index (χ3v) is 2.28. The molecule has 0 aliphatic heterocycles. The SMILES string of the molecule is O=C(NCC1CC=CCC1)OCC(F)(F)F. The highest BCUT2D eigenvalue weighted by Gasteiger charge is 2.29. The van der Waals surface area contributed by atoms with Crippen molar-refractivity contribution in [2.45, 2.75) is 25.4 Å². The van der Waals surface area contributed by atoms with Gasteiger partial charge >= 0.3 is 12.3 Å². The Hall–Kier alpha value is -1.20. The molecule has 1 rings (SSSR count). The van der Waals surface area contributed by atoms with Crippen LogP contribution in [0.1, 0.15) is 19.3 Å². The van der Waals surface area contributed by atoms with Crippen LogP contribution in [0.5, 0.6) is 0 Å². The minimum absolute atomic E-state index is 0.295. The smallest absolute Gasteiger partial charge is 0.422 e. The van der Waals surface area contributed by atoms with E-state index in [9.17, 15) is 18.0 Å². The first-order valence-corrected chi connectivity index (χ1v) is 5.10. The number of halogens is 3. The van der Waals surface area contributed by atoms with E-state index in [1.54, 1.807) is 0 Å². The van der Waals surface area contributed by atoms with E-state index in [1.165, 1.54) is 0 Å². The largest absolute Gasteiger partial charge is 0.440 e. The van der Waals surface area contributed by atoms with Crippen molar-refractivity contribution in [3.8, 4) is 0 Å². The van der Waals surface area contributed by atoms with Gasteiger partial charge in [-0.15, -0.1) is 0 Å². The summed E-state index contributed by atoms with van der Waals surface area (Å²) in [5, 5.41) is 2.33. The quantitative estimate of drug-likeness (QED) is 0.766. The van der Waals surface area contributed by atoms with E-state index in [0.29, 0.717) is 12.5 Å². The average Bonchev–Trinajstić information content (AvgIpc) is 2.24. The zero-order valence-electron chi connectivity index (χ0n) is 8.72. The zero-order valence-corrected chi connectivity index (χ0v) is 8.72. The molecule has 0 saturated heterocycles. The van der Waals surface area contributed by atoms with Crippen molar-refractivity contribution < 1.29 is 22.7 Å². The molecule has 0 spiro atoms. The second-order valence-electron chi connectivity index (χ2n) is 3.72. The van der Waals surface area contributed by atoms with E-state index in [4.69, 9.17) is 0 Å². The van der Waals surface area contributed by atoms with Crippen molar-refractivity contribution >= 4 is 6.09 Å².